The summed E-state index contributed by atoms with van der Waals surface area (Å²) >= 11 is 0. The number of rotatable bonds is 0. The van der Waals surface area contributed by atoms with Gasteiger partial charge in [-0.25, -0.2) is 0 Å². The first-order valence-corrected chi connectivity index (χ1v) is 4.71. The highest BCUT2D eigenvalue weighted by molar-refractivity contribution is 4.91. The summed E-state index contributed by atoms with van der Waals surface area (Å²) in [6.45, 7) is 7.62. The topological polar surface area (TPSA) is 36.9 Å². The van der Waals surface area contributed by atoms with Crippen molar-refractivity contribution in [3.05, 3.63) is 0 Å². The van der Waals surface area contributed by atoms with E-state index in [1.807, 2.05) is 27.7 Å². The smallest absolute Gasteiger partial charge is 0.226 e. The molecule has 13 heavy (non-hydrogen) atoms. The summed E-state index contributed by atoms with van der Waals surface area (Å²) in [7, 11) is 0. The maximum Gasteiger partial charge on any atom is 0.226 e. The minimum absolute atomic E-state index is 0.0811. The standard InChI is InChI=1S/C9H16O4/c1-5-9(12-7(3)10-5)6(2)11-8(4)13-9/h5-8H,1-4H3. The highest BCUT2D eigenvalue weighted by Crippen LogP contribution is 2.40. The SMILES string of the molecule is CC1OC(C)C2(O1)OC(C)OC2C. The van der Waals surface area contributed by atoms with E-state index in [1.165, 1.54) is 0 Å². The van der Waals surface area contributed by atoms with Crippen LogP contribution in [0.5, 0.6) is 0 Å². The van der Waals surface area contributed by atoms with Gasteiger partial charge in [0.05, 0.1) is 0 Å². The van der Waals surface area contributed by atoms with Crippen molar-refractivity contribution < 1.29 is 18.9 Å². The molecule has 4 heteroatoms. The highest BCUT2D eigenvalue weighted by atomic mass is 16.9. The van der Waals surface area contributed by atoms with Gasteiger partial charge in [0, 0.05) is 0 Å². The van der Waals surface area contributed by atoms with Gasteiger partial charge in [0.1, 0.15) is 12.2 Å². The summed E-state index contributed by atoms with van der Waals surface area (Å²) < 4.78 is 22.3. The van der Waals surface area contributed by atoms with Crippen LogP contribution in [0, 0.1) is 0 Å². The Bertz CT molecular complexity index is 184. The Morgan fingerprint density at radius 2 is 1.15 bits per heavy atom. The van der Waals surface area contributed by atoms with Crippen LogP contribution in [0.3, 0.4) is 0 Å². The molecule has 2 aliphatic rings. The van der Waals surface area contributed by atoms with E-state index >= 15 is 0 Å². The van der Waals surface area contributed by atoms with Crippen LogP contribution in [-0.2, 0) is 18.9 Å². The molecule has 4 unspecified atom stereocenters. The van der Waals surface area contributed by atoms with Crippen molar-refractivity contribution in [2.45, 2.75) is 58.3 Å². The zero-order chi connectivity index (χ0) is 9.64. The quantitative estimate of drug-likeness (QED) is 0.573. The van der Waals surface area contributed by atoms with Gasteiger partial charge in [0.25, 0.3) is 0 Å². The van der Waals surface area contributed by atoms with Crippen LogP contribution < -0.4 is 0 Å². The van der Waals surface area contributed by atoms with E-state index < -0.39 is 5.79 Å². The Labute approximate surface area is 78.1 Å². The van der Waals surface area contributed by atoms with Crippen molar-refractivity contribution in [1.29, 1.82) is 0 Å². The first kappa shape index (κ1) is 9.40. The number of hydrogen-bond acceptors (Lipinski definition) is 4. The lowest BCUT2D eigenvalue weighted by Crippen LogP contribution is -2.46. The third-order valence-corrected chi connectivity index (χ3v) is 2.63. The predicted molar refractivity (Wildman–Crippen MR) is 44.9 cm³/mol. The van der Waals surface area contributed by atoms with Crippen LogP contribution >= 0.6 is 0 Å². The van der Waals surface area contributed by atoms with Gasteiger partial charge in [-0.3, -0.25) is 0 Å². The second-order valence-electron chi connectivity index (χ2n) is 3.65. The summed E-state index contributed by atoms with van der Waals surface area (Å²) in [5, 5.41) is 0. The monoisotopic (exact) mass is 188 g/mol. The molecule has 0 amide bonds. The van der Waals surface area contributed by atoms with E-state index in [0.717, 1.165) is 0 Å². The summed E-state index contributed by atoms with van der Waals surface area (Å²) in [5.41, 5.74) is 0. The van der Waals surface area contributed by atoms with Gasteiger partial charge in [0.15, 0.2) is 12.6 Å². The molecule has 2 heterocycles. The first-order chi connectivity index (χ1) is 6.04. The summed E-state index contributed by atoms with van der Waals surface area (Å²) in [5.74, 6) is -0.696. The minimum Gasteiger partial charge on any atom is -0.344 e. The zero-order valence-corrected chi connectivity index (χ0v) is 8.44. The van der Waals surface area contributed by atoms with Crippen LogP contribution in [0.15, 0.2) is 0 Å². The van der Waals surface area contributed by atoms with Gasteiger partial charge in [-0.05, 0) is 27.7 Å². The zero-order valence-electron chi connectivity index (χ0n) is 8.44. The Kier molecular flexibility index (Phi) is 2.11. The van der Waals surface area contributed by atoms with E-state index in [0.29, 0.717) is 0 Å². The molecule has 0 aliphatic carbocycles. The molecular weight excluding hydrogens is 172 g/mol. The fourth-order valence-electron chi connectivity index (χ4n) is 2.08. The highest BCUT2D eigenvalue weighted by Gasteiger charge is 2.57. The lowest BCUT2D eigenvalue weighted by Gasteiger charge is -2.27. The molecule has 2 fully saturated rings. The van der Waals surface area contributed by atoms with Gasteiger partial charge in [-0.2, -0.15) is 0 Å². The maximum absolute atomic E-state index is 5.64. The first-order valence-electron chi connectivity index (χ1n) is 4.71. The second kappa shape index (κ2) is 2.92. The van der Waals surface area contributed by atoms with E-state index in [-0.39, 0.29) is 24.8 Å². The van der Waals surface area contributed by atoms with Crippen molar-refractivity contribution in [1.82, 2.24) is 0 Å². The van der Waals surface area contributed by atoms with Gasteiger partial charge >= 0.3 is 0 Å². The number of ether oxygens (including phenoxy) is 4. The van der Waals surface area contributed by atoms with E-state index in [1.54, 1.807) is 0 Å². The summed E-state index contributed by atoms with van der Waals surface area (Å²) in [4.78, 5) is 0. The molecule has 0 N–H and O–H groups in total. The lowest BCUT2D eigenvalue weighted by atomic mass is 10.1. The normalized spacial score (nSPS) is 56.3. The van der Waals surface area contributed by atoms with E-state index in [4.69, 9.17) is 18.9 Å². The largest absolute Gasteiger partial charge is 0.344 e. The third kappa shape index (κ3) is 1.29. The lowest BCUT2D eigenvalue weighted by molar-refractivity contribution is -0.221. The van der Waals surface area contributed by atoms with Gasteiger partial charge in [-0.1, -0.05) is 0 Å². The molecule has 0 bridgehead atoms. The van der Waals surface area contributed by atoms with Crippen LogP contribution in [0.1, 0.15) is 27.7 Å². The summed E-state index contributed by atoms with van der Waals surface area (Å²) in [6.07, 6.45) is -0.595. The second-order valence-corrected chi connectivity index (χ2v) is 3.65. The maximum atomic E-state index is 5.64. The van der Waals surface area contributed by atoms with Crippen LogP contribution in [-0.4, -0.2) is 30.6 Å². The Morgan fingerprint density at radius 1 is 0.769 bits per heavy atom. The molecule has 0 saturated carbocycles. The Balaban J connectivity index is 2.20. The van der Waals surface area contributed by atoms with Crippen LogP contribution in [0.25, 0.3) is 0 Å². The van der Waals surface area contributed by atoms with Gasteiger partial charge in [0.2, 0.25) is 5.79 Å². The van der Waals surface area contributed by atoms with Crippen LogP contribution in [0.2, 0.25) is 0 Å². The van der Waals surface area contributed by atoms with E-state index in [2.05, 4.69) is 0 Å². The molecule has 4 atom stereocenters. The molecule has 2 aliphatic heterocycles. The molecule has 0 aromatic rings. The van der Waals surface area contributed by atoms with Crippen molar-refractivity contribution in [3.63, 3.8) is 0 Å². The average molecular weight is 188 g/mol. The van der Waals surface area contributed by atoms with Crippen molar-refractivity contribution in [2.24, 2.45) is 0 Å². The molecule has 4 nitrogen and oxygen atoms in total. The molecule has 0 radical (unpaired) electrons. The molecule has 2 saturated heterocycles. The average Bonchev–Trinajstić information content (AvgIpc) is 2.40. The van der Waals surface area contributed by atoms with Crippen molar-refractivity contribution >= 4 is 0 Å². The minimum atomic E-state index is -0.696. The predicted octanol–water partition coefficient (Wildman–Crippen LogP) is 1.25. The molecule has 2 rings (SSSR count). The summed E-state index contributed by atoms with van der Waals surface area (Å²) in [6, 6.07) is 0. The van der Waals surface area contributed by atoms with E-state index in [9.17, 15) is 0 Å². The molecule has 76 valence electrons. The van der Waals surface area contributed by atoms with Gasteiger partial charge in [-0.15, -0.1) is 0 Å². The molecule has 0 aromatic heterocycles. The Hall–Kier alpha value is -0.160. The molecule has 1 spiro atoms. The van der Waals surface area contributed by atoms with Gasteiger partial charge < -0.3 is 18.9 Å². The molecular formula is C9H16O4. The van der Waals surface area contributed by atoms with Crippen molar-refractivity contribution in [3.8, 4) is 0 Å². The third-order valence-electron chi connectivity index (χ3n) is 2.63. The Morgan fingerprint density at radius 3 is 1.38 bits per heavy atom. The number of hydrogen-bond donors (Lipinski definition) is 0. The van der Waals surface area contributed by atoms with Crippen LogP contribution in [0.4, 0.5) is 0 Å². The van der Waals surface area contributed by atoms with Crippen molar-refractivity contribution in [2.75, 3.05) is 0 Å². The fourth-order valence-corrected chi connectivity index (χ4v) is 2.08. The fraction of sp³-hybridized carbons (Fsp3) is 1.00. The molecule has 0 aromatic carbocycles.